The molecule has 0 saturated heterocycles. The fourth-order valence-electron chi connectivity index (χ4n) is 0.899. The Balaban J connectivity index is 3.95. The molecule has 0 aliphatic heterocycles. The topological polar surface area (TPSA) is 127 Å². The molecule has 7 nitrogen and oxygen atoms in total. The molecule has 0 spiro atoms. The zero-order valence-corrected chi connectivity index (χ0v) is 8.06. The second kappa shape index (κ2) is 7.69. The number of carbonyl (C=O) groups is 1. The number of aldehydes is 1. The van der Waals surface area contributed by atoms with Crippen molar-refractivity contribution < 1.29 is 35.1 Å². The standard InChI is InChI=1S/C8H16O7/c9-1-2-15-4-6(12)8(14)7(13)5(11)3-10/h1,5-8,10-14H,2-4H2/t5-,6-,7-,8-/m1/s1. The van der Waals surface area contributed by atoms with Crippen LogP contribution >= 0.6 is 0 Å². The van der Waals surface area contributed by atoms with Gasteiger partial charge in [0.2, 0.25) is 0 Å². The van der Waals surface area contributed by atoms with E-state index in [0.717, 1.165) is 0 Å². The molecule has 0 aliphatic carbocycles. The van der Waals surface area contributed by atoms with Crippen molar-refractivity contribution in [3.05, 3.63) is 0 Å². The van der Waals surface area contributed by atoms with Crippen molar-refractivity contribution in [2.45, 2.75) is 24.4 Å². The van der Waals surface area contributed by atoms with Gasteiger partial charge in [-0.05, 0) is 0 Å². The molecule has 4 atom stereocenters. The van der Waals surface area contributed by atoms with E-state index in [0.29, 0.717) is 6.29 Å². The number of rotatable bonds is 8. The van der Waals surface area contributed by atoms with Crippen LogP contribution in [0.3, 0.4) is 0 Å². The highest BCUT2D eigenvalue weighted by atomic mass is 16.5. The Morgan fingerprint density at radius 3 is 2.07 bits per heavy atom. The molecule has 0 aliphatic rings. The average Bonchev–Trinajstić information content (AvgIpc) is 2.26. The lowest BCUT2D eigenvalue weighted by Crippen LogP contribution is -2.47. The van der Waals surface area contributed by atoms with Crippen molar-refractivity contribution in [2.75, 3.05) is 19.8 Å². The lowest BCUT2D eigenvalue weighted by atomic mass is 10.0. The van der Waals surface area contributed by atoms with Crippen LogP contribution in [-0.4, -0.2) is 76.1 Å². The number of hydrogen-bond donors (Lipinski definition) is 5. The third kappa shape index (κ3) is 5.17. The highest BCUT2D eigenvalue weighted by Gasteiger charge is 2.29. The van der Waals surface area contributed by atoms with Crippen molar-refractivity contribution in [1.29, 1.82) is 0 Å². The monoisotopic (exact) mass is 224 g/mol. The quantitative estimate of drug-likeness (QED) is 0.215. The molecule has 0 rings (SSSR count). The molecule has 0 bridgehead atoms. The smallest absolute Gasteiger partial charge is 0.145 e. The van der Waals surface area contributed by atoms with Gasteiger partial charge in [0.15, 0.2) is 0 Å². The van der Waals surface area contributed by atoms with E-state index < -0.39 is 31.0 Å². The van der Waals surface area contributed by atoms with Gasteiger partial charge in [0.1, 0.15) is 37.3 Å². The molecule has 0 unspecified atom stereocenters. The highest BCUT2D eigenvalue weighted by Crippen LogP contribution is 2.05. The van der Waals surface area contributed by atoms with Crippen molar-refractivity contribution >= 4 is 6.29 Å². The Bertz CT molecular complexity index is 174. The number of hydrogen-bond acceptors (Lipinski definition) is 7. The van der Waals surface area contributed by atoms with Gasteiger partial charge in [0.25, 0.3) is 0 Å². The van der Waals surface area contributed by atoms with E-state index in [4.69, 9.17) is 15.3 Å². The molecule has 0 heterocycles. The van der Waals surface area contributed by atoms with E-state index in [1.807, 2.05) is 0 Å². The van der Waals surface area contributed by atoms with Gasteiger partial charge in [-0.15, -0.1) is 0 Å². The van der Waals surface area contributed by atoms with Crippen molar-refractivity contribution in [1.82, 2.24) is 0 Å². The van der Waals surface area contributed by atoms with Crippen molar-refractivity contribution in [3.8, 4) is 0 Å². The van der Waals surface area contributed by atoms with Gasteiger partial charge in [-0.3, -0.25) is 0 Å². The van der Waals surface area contributed by atoms with E-state index in [2.05, 4.69) is 4.74 Å². The first-order valence-corrected chi connectivity index (χ1v) is 4.39. The SMILES string of the molecule is O=CCOC[C@@H](O)[C@@H](O)[C@H](O)[C@H](O)CO. The van der Waals surface area contributed by atoms with Gasteiger partial charge in [0.05, 0.1) is 13.2 Å². The lowest BCUT2D eigenvalue weighted by Gasteiger charge is -2.25. The Hall–Kier alpha value is -0.570. The lowest BCUT2D eigenvalue weighted by molar-refractivity contribution is -0.132. The number of carbonyl (C=O) groups excluding carboxylic acids is 1. The van der Waals surface area contributed by atoms with Gasteiger partial charge in [-0.2, -0.15) is 0 Å². The molecule has 0 amide bonds. The Labute approximate surface area is 86.5 Å². The molecular weight excluding hydrogens is 208 g/mol. The minimum atomic E-state index is -1.68. The summed E-state index contributed by atoms with van der Waals surface area (Å²) in [6.07, 6.45) is -5.84. The first kappa shape index (κ1) is 14.4. The van der Waals surface area contributed by atoms with Gasteiger partial charge in [-0.25, -0.2) is 0 Å². The minimum Gasteiger partial charge on any atom is -0.394 e. The number of aliphatic hydroxyl groups is 5. The zero-order valence-electron chi connectivity index (χ0n) is 8.06. The van der Waals surface area contributed by atoms with Crippen molar-refractivity contribution in [2.24, 2.45) is 0 Å². The summed E-state index contributed by atoms with van der Waals surface area (Å²) >= 11 is 0. The second-order valence-electron chi connectivity index (χ2n) is 3.00. The van der Waals surface area contributed by atoms with Gasteiger partial charge < -0.3 is 35.1 Å². The Morgan fingerprint density at radius 2 is 1.60 bits per heavy atom. The summed E-state index contributed by atoms with van der Waals surface area (Å²) in [5.41, 5.74) is 0. The predicted molar refractivity (Wildman–Crippen MR) is 48.0 cm³/mol. The van der Waals surface area contributed by atoms with Gasteiger partial charge >= 0.3 is 0 Å². The molecule has 0 fully saturated rings. The van der Waals surface area contributed by atoms with E-state index in [-0.39, 0.29) is 13.2 Å². The summed E-state index contributed by atoms with van der Waals surface area (Å²) in [5, 5.41) is 45.1. The second-order valence-corrected chi connectivity index (χ2v) is 3.00. The number of aliphatic hydroxyl groups excluding tert-OH is 5. The number of ether oxygens (including phenoxy) is 1. The summed E-state index contributed by atoms with van der Waals surface area (Å²) in [7, 11) is 0. The van der Waals surface area contributed by atoms with Gasteiger partial charge in [0, 0.05) is 0 Å². The van der Waals surface area contributed by atoms with Gasteiger partial charge in [-0.1, -0.05) is 0 Å². The molecular formula is C8H16O7. The third-order valence-electron chi connectivity index (χ3n) is 1.80. The normalized spacial score (nSPS) is 19.3. The van der Waals surface area contributed by atoms with Crippen LogP contribution in [-0.2, 0) is 9.53 Å². The maximum Gasteiger partial charge on any atom is 0.145 e. The first-order valence-electron chi connectivity index (χ1n) is 4.39. The third-order valence-corrected chi connectivity index (χ3v) is 1.80. The van der Waals surface area contributed by atoms with Crippen molar-refractivity contribution in [3.63, 3.8) is 0 Å². The molecule has 7 heteroatoms. The first-order chi connectivity index (χ1) is 7.04. The van der Waals surface area contributed by atoms with Crippen LogP contribution in [0.25, 0.3) is 0 Å². The van der Waals surface area contributed by atoms with E-state index in [1.165, 1.54) is 0 Å². The van der Waals surface area contributed by atoms with Crippen LogP contribution < -0.4 is 0 Å². The summed E-state index contributed by atoms with van der Waals surface area (Å²) in [6, 6.07) is 0. The van der Waals surface area contributed by atoms with Crippen LogP contribution in [0.2, 0.25) is 0 Å². The average molecular weight is 224 g/mol. The fraction of sp³-hybridized carbons (Fsp3) is 0.875. The van der Waals surface area contributed by atoms with E-state index in [1.54, 1.807) is 0 Å². The largest absolute Gasteiger partial charge is 0.394 e. The Morgan fingerprint density at radius 1 is 1.07 bits per heavy atom. The predicted octanol–water partition coefficient (Wildman–Crippen LogP) is -3.36. The van der Waals surface area contributed by atoms with Crippen LogP contribution in [0, 0.1) is 0 Å². The molecule has 0 aromatic heterocycles. The molecule has 5 N–H and O–H groups in total. The fourth-order valence-corrected chi connectivity index (χ4v) is 0.899. The van der Waals surface area contributed by atoms with Crippen LogP contribution in [0.15, 0.2) is 0 Å². The molecule has 0 aromatic rings. The van der Waals surface area contributed by atoms with Crippen LogP contribution in [0.5, 0.6) is 0 Å². The Kier molecular flexibility index (Phi) is 7.39. The molecule has 0 radical (unpaired) electrons. The molecule has 0 saturated carbocycles. The minimum absolute atomic E-state index is 0.234. The molecule has 0 aromatic carbocycles. The van der Waals surface area contributed by atoms with E-state index >= 15 is 0 Å². The molecule has 15 heavy (non-hydrogen) atoms. The van der Waals surface area contributed by atoms with Crippen LogP contribution in [0.4, 0.5) is 0 Å². The van der Waals surface area contributed by atoms with Crippen LogP contribution in [0.1, 0.15) is 0 Å². The van der Waals surface area contributed by atoms with E-state index in [9.17, 15) is 15.0 Å². The summed E-state index contributed by atoms with van der Waals surface area (Å²) in [4.78, 5) is 9.85. The summed E-state index contributed by atoms with van der Waals surface area (Å²) in [6.45, 7) is -1.32. The zero-order chi connectivity index (χ0) is 11.8. The highest BCUT2D eigenvalue weighted by molar-refractivity contribution is 5.50. The summed E-state index contributed by atoms with van der Waals surface area (Å²) in [5.74, 6) is 0. The maximum absolute atomic E-state index is 9.85. The molecule has 90 valence electrons. The maximum atomic E-state index is 9.85. The summed E-state index contributed by atoms with van der Waals surface area (Å²) < 4.78 is 4.60.